The summed E-state index contributed by atoms with van der Waals surface area (Å²) in [5.74, 6) is 0. The Morgan fingerprint density at radius 1 is 1.71 bits per heavy atom. The van der Waals surface area contributed by atoms with Crippen molar-refractivity contribution in [2.45, 2.75) is 25.8 Å². The van der Waals surface area contributed by atoms with Crippen molar-refractivity contribution < 1.29 is 4.92 Å². The van der Waals surface area contributed by atoms with Crippen LogP contribution in [0, 0.1) is 10.1 Å². The van der Waals surface area contributed by atoms with Crippen LogP contribution in [-0.4, -0.2) is 9.91 Å². The highest BCUT2D eigenvalue weighted by Gasteiger charge is 2.22. The molecule has 5 heteroatoms. The van der Waals surface area contributed by atoms with Crippen LogP contribution in [-0.2, 0) is 5.54 Å². The predicted molar refractivity (Wildman–Crippen MR) is 52.7 cm³/mol. The van der Waals surface area contributed by atoms with Crippen molar-refractivity contribution in [3.05, 3.63) is 34.1 Å². The molecule has 0 aromatic carbocycles. The molecule has 0 spiro atoms. The van der Waals surface area contributed by atoms with Gasteiger partial charge in [0.15, 0.2) is 0 Å². The van der Waals surface area contributed by atoms with Crippen molar-refractivity contribution in [1.82, 2.24) is 4.98 Å². The number of aromatic nitrogens is 1. The van der Waals surface area contributed by atoms with E-state index >= 15 is 0 Å². The molecule has 0 saturated heterocycles. The first kappa shape index (κ1) is 10.6. The molecule has 0 bridgehead atoms. The highest BCUT2D eigenvalue weighted by Crippen LogP contribution is 2.22. The SMILES string of the molecule is CCC(C)(N)c1cc([N+](=O)[O-])ccn1. The minimum absolute atomic E-state index is 0.0279. The van der Waals surface area contributed by atoms with Crippen LogP contribution in [0.3, 0.4) is 0 Å². The van der Waals surface area contributed by atoms with Gasteiger partial charge in [-0.05, 0) is 13.3 Å². The van der Waals surface area contributed by atoms with Gasteiger partial charge in [-0.25, -0.2) is 0 Å². The summed E-state index contributed by atoms with van der Waals surface area (Å²) in [5, 5.41) is 10.5. The maximum Gasteiger partial charge on any atom is 0.272 e. The fourth-order valence-electron chi connectivity index (χ4n) is 1.03. The van der Waals surface area contributed by atoms with Crippen molar-refractivity contribution in [3.8, 4) is 0 Å². The van der Waals surface area contributed by atoms with Gasteiger partial charge in [0.25, 0.3) is 5.69 Å². The number of nitrogens with zero attached hydrogens (tertiary/aromatic N) is 2. The number of pyridine rings is 1. The van der Waals surface area contributed by atoms with E-state index in [0.29, 0.717) is 12.1 Å². The number of nitro groups is 1. The average Bonchev–Trinajstić information content (AvgIpc) is 2.18. The van der Waals surface area contributed by atoms with Crippen LogP contribution in [0.15, 0.2) is 18.3 Å². The lowest BCUT2D eigenvalue weighted by molar-refractivity contribution is -0.385. The molecule has 14 heavy (non-hydrogen) atoms. The Bertz CT molecular complexity index is 350. The van der Waals surface area contributed by atoms with Crippen molar-refractivity contribution in [2.75, 3.05) is 0 Å². The normalized spacial score (nSPS) is 14.8. The van der Waals surface area contributed by atoms with E-state index in [2.05, 4.69) is 4.98 Å². The van der Waals surface area contributed by atoms with Crippen LogP contribution < -0.4 is 5.73 Å². The van der Waals surface area contributed by atoms with Gasteiger partial charge in [0.2, 0.25) is 0 Å². The van der Waals surface area contributed by atoms with Crippen LogP contribution in [0.1, 0.15) is 26.0 Å². The second kappa shape index (κ2) is 3.71. The standard InChI is InChI=1S/C9H13N3O2/c1-3-9(2,10)8-6-7(12(13)14)4-5-11-8/h4-6H,3,10H2,1-2H3. The molecule has 0 amide bonds. The summed E-state index contributed by atoms with van der Waals surface area (Å²) in [4.78, 5) is 14.1. The molecule has 0 aliphatic heterocycles. The lowest BCUT2D eigenvalue weighted by Gasteiger charge is -2.21. The predicted octanol–water partition coefficient (Wildman–Crippen LogP) is 1.57. The van der Waals surface area contributed by atoms with Crippen molar-refractivity contribution in [2.24, 2.45) is 5.73 Å². The summed E-state index contributed by atoms with van der Waals surface area (Å²) in [6.45, 7) is 3.72. The zero-order chi connectivity index (χ0) is 10.8. The largest absolute Gasteiger partial charge is 0.320 e. The third-order valence-corrected chi connectivity index (χ3v) is 2.27. The molecule has 0 fully saturated rings. The van der Waals surface area contributed by atoms with E-state index in [4.69, 9.17) is 5.73 Å². The van der Waals surface area contributed by atoms with E-state index in [1.165, 1.54) is 18.3 Å². The quantitative estimate of drug-likeness (QED) is 0.586. The molecule has 1 unspecified atom stereocenters. The summed E-state index contributed by atoms with van der Waals surface area (Å²) in [5.41, 5.74) is 5.89. The second-order valence-corrected chi connectivity index (χ2v) is 3.43. The molecule has 1 aromatic heterocycles. The maximum absolute atomic E-state index is 10.5. The molecular weight excluding hydrogens is 182 g/mol. The Hall–Kier alpha value is -1.49. The van der Waals surface area contributed by atoms with Gasteiger partial charge in [0, 0.05) is 18.3 Å². The van der Waals surface area contributed by atoms with E-state index in [-0.39, 0.29) is 5.69 Å². The highest BCUT2D eigenvalue weighted by atomic mass is 16.6. The molecule has 1 rings (SSSR count). The van der Waals surface area contributed by atoms with E-state index < -0.39 is 10.5 Å². The van der Waals surface area contributed by atoms with Crippen molar-refractivity contribution in [1.29, 1.82) is 0 Å². The third kappa shape index (κ3) is 2.05. The molecule has 76 valence electrons. The molecule has 1 aromatic rings. The van der Waals surface area contributed by atoms with Crippen LogP contribution in [0.2, 0.25) is 0 Å². The van der Waals surface area contributed by atoms with Crippen LogP contribution >= 0.6 is 0 Å². The van der Waals surface area contributed by atoms with E-state index in [9.17, 15) is 10.1 Å². The van der Waals surface area contributed by atoms with E-state index in [1.54, 1.807) is 6.92 Å². The summed E-state index contributed by atoms with van der Waals surface area (Å²) < 4.78 is 0. The maximum atomic E-state index is 10.5. The first-order chi connectivity index (χ1) is 6.47. The lowest BCUT2D eigenvalue weighted by atomic mass is 9.95. The fourth-order valence-corrected chi connectivity index (χ4v) is 1.03. The molecule has 1 heterocycles. The summed E-state index contributed by atoms with van der Waals surface area (Å²) in [6.07, 6.45) is 2.09. The van der Waals surface area contributed by atoms with Crippen molar-refractivity contribution >= 4 is 5.69 Å². The first-order valence-corrected chi connectivity index (χ1v) is 4.37. The molecular formula is C9H13N3O2. The van der Waals surface area contributed by atoms with Crippen molar-refractivity contribution in [3.63, 3.8) is 0 Å². The third-order valence-electron chi connectivity index (χ3n) is 2.27. The van der Waals surface area contributed by atoms with E-state index in [1.807, 2.05) is 6.92 Å². The summed E-state index contributed by atoms with van der Waals surface area (Å²) in [6, 6.07) is 2.78. The second-order valence-electron chi connectivity index (χ2n) is 3.43. The highest BCUT2D eigenvalue weighted by molar-refractivity contribution is 5.32. The molecule has 0 aliphatic carbocycles. The van der Waals surface area contributed by atoms with E-state index in [0.717, 1.165) is 0 Å². The monoisotopic (exact) mass is 195 g/mol. The van der Waals surface area contributed by atoms with Gasteiger partial charge in [-0.2, -0.15) is 0 Å². The topological polar surface area (TPSA) is 82.0 Å². The van der Waals surface area contributed by atoms with Crippen LogP contribution in [0.5, 0.6) is 0 Å². The zero-order valence-corrected chi connectivity index (χ0v) is 8.23. The van der Waals surface area contributed by atoms with Gasteiger partial charge in [-0.1, -0.05) is 6.92 Å². The first-order valence-electron chi connectivity index (χ1n) is 4.37. The number of rotatable bonds is 3. The Morgan fingerprint density at radius 3 is 2.86 bits per heavy atom. The van der Waals surface area contributed by atoms with Gasteiger partial charge in [-0.15, -0.1) is 0 Å². The summed E-state index contributed by atoms with van der Waals surface area (Å²) >= 11 is 0. The molecule has 0 radical (unpaired) electrons. The number of nitrogens with two attached hydrogens (primary N) is 1. The number of hydrogen-bond donors (Lipinski definition) is 1. The van der Waals surface area contributed by atoms with Gasteiger partial charge in [0.05, 0.1) is 16.2 Å². The Kier molecular flexibility index (Phi) is 2.81. The van der Waals surface area contributed by atoms with Crippen LogP contribution in [0.4, 0.5) is 5.69 Å². The molecule has 0 aliphatic rings. The Labute approximate surface area is 82.1 Å². The minimum Gasteiger partial charge on any atom is -0.320 e. The zero-order valence-electron chi connectivity index (χ0n) is 8.23. The van der Waals surface area contributed by atoms with Gasteiger partial charge in [0.1, 0.15) is 0 Å². The van der Waals surface area contributed by atoms with Gasteiger partial charge >= 0.3 is 0 Å². The smallest absolute Gasteiger partial charge is 0.272 e. The van der Waals surface area contributed by atoms with Crippen LogP contribution in [0.25, 0.3) is 0 Å². The number of hydrogen-bond acceptors (Lipinski definition) is 4. The van der Waals surface area contributed by atoms with Gasteiger partial charge < -0.3 is 5.73 Å². The molecule has 5 nitrogen and oxygen atoms in total. The molecule has 0 saturated carbocycles. The Morgan fingerprint density at radius 2 is 2.36 bits per heavy atom. The molecule has 1 atom stereocenters. The average molecular weight is 195 g/mol. The summed E-state index contributed by atoms with van der Waals surface area (Å²) in [7, 11) is 0. The minimum atomic E-state index is -0.605. The molecule has 2 N–H and O–H groups in total. The lowest BCUT2D eigenvalue weighted by Crippen LogP contribution is -2.33. The fraction of sp³-hybridized carbons (Fsp3) is 0.444. The van der Waals surface area contributed by atoms with Gasteiger partial charge in [-0.3, -0.25) is 15.1 Å². The Balaban J connectivity index is 3.12.